The highest BCUT2D eigenvalue weighted by atomic mass is 35.5. The number of benzene rings is 1. The van der Waals surface area contributed by atoms with Crippen LogP contribution in [0.25, 0.3) is 0 Å². The summed E-state index contributed by atoms with van der Waals surface area (Å²) in [4.78, 5) is 25.9. The Labute approximate surface area is 319 Å². The van der Waals surface area contributed by atoms with Crippen LogP contribution >= 0.6 is 11.6 Å². The maximum absolute atomic E-state index is 13.6. The number of fused-ring (bicyclic) bond motifs is 4. The van der Waals surface area contributed by atoms with Crippen molar-refractivity contribution in [1.29, 1.82) is 0 Å². The zero-order valence-electron chi connectivity index (χ0n) is 31.3. The van der Waals surface area contributed by atoms with Crippen LogP contribution in [-0.2, 0) is 31.3 Å². The molecule has 4 aliphatic heterocycles. The normalized spacial score (nSPS) is 34.4. The fourth-order valence-corrected chi connectivity index (χ4v) is 11.2. The number of aryl methyl sites for hydroxylation is 1. The Morgan fingerprint density at radius 2 is 1.91 bits per heavy atom. The average Bonchev–Trinajstić information content (AvgIpc) is 3.25. The fourth-order valence-electron chi connectivity index (χ4n) is 9.72. The number of carbonyl (C=O) groups is 1. The maximum Gasteiger partial charge on any atom is 0.283 e. The predicted octanol–water partition coefficient (Wildman–Crippen LogP) is 4.68. The van der Waals surface area contributed by atoms with Crippen LogP contribution in [0.15, 0.2) is 42.5 Å². The molecule has 0 unspecified atom stereocenters. The Kier molecular flexibility index (Phi) is 10.3. The number of nitrogens with one attached hydrogen (secondary N) is 1. The Bertz CT molecular complexity index is 1830. The number of aromatic nitrogens is 1. The van der Waals surface area contributed by atoms with E-state index >= 15 is 0 Å². The molecule has 2 aliphatic carbocycles. The van der Waals surface area contributed by atoms with Gasteiger partial charge in [0.1, 0.15) is 11.3 Å². The summed E-state index contributed by atoms with van der Waals surface area (Å²) >= 11 is 6.50. The number of nitrogens with zero attached hydrogens (tertiary/aromatic N) is 4. The number of anilines is 1. The second-order valence-corrected chi connectivity index (χ2v) is 19.0. The third kappa shape index (κ3) is 7.13. The minimum Gasteiger partial charge on any atom is -0.489 e. The van der Waals surface area contributed by atoms with E-state index in [0.717, 1.165) is 83.1 Å². The van der Waals surface area contributed by atoms with E-state index < -0.39 is 26.8 Å². The SMILES string of the molecule is CO[C@]1(CN2CCN(C3COC3)CC2)/C=C/C[C@H](C)[C@@H](C)S(=O)(=O)NC(=O)c2ccc3c(n2)N(C[C@@H]2CC[C@H]21)C[C@@]1(CCCc2cc(Cl)ccc21)CO3. The number of carbonyl (C=O) groups excluding carboxylic acids is 1. The zero-order chi connectivity index (χ0) is 37.0. The van der Waals surface area contributed by atoms with Crippen molar-refractivity contribution in [2.45, 2.75) is 74.7 Å². The van der Waals surface area contributed by atoms with Crippen molar-refractivity contribution in [3.8, 4) is 5.75 Å². The topological polar surface area (TPSA) is 114 Å². The first-order chi connectivity index (χ1) is 25.5. The average molecular weight is 768 g/mol. The summed E-state index contributed by atoms with van der Waals surface area (Å²) < 4.78 is 48.3. The summed E-state index contributed by atoms with van der Waals surface area (Å²) in [5.74, 6) is 0.761. The van der Waals surface area contributed by atoms with Gasteiger partial charge < -0.3 is 19.1 Å². The zero-order valence-corrected chi connectivity index (χ0v) is 32.8. The highest BCUT2D eigenvalue weighted by molar-refractivity contribution is 7.90. The van der Waals surface area contributed by atoms with Gasteiger partial charge in [-0.25, -0.2) is 18.1 Å². The van der Waals surface area contributed by atoms with Gasteiger partial charge >= 0.3 is 0 Å². The monoisotopic (exact) mass is 767 g/mol. The van der Waals surface area contributed by atoms with Crippen molar-refractivity contribution in [2.75, 3.05) is 77.6 Å². The van der Waals surface area contributed by atoms with Gasteiger partial charge in [0.2, 0.25) is 10.0 Å². The molecule has 1 N–H and O–H groups in total. The summed E-state index contributed by atoms with van der Waals surface area (Å²) in [7, 11) is -2.15. The maximum atomic E-state index is 13.6. The first kappa shape index (κ1) is 37.2. The lowest BCUT2D eigenvalue weighted by Gasteiger charge is -2.52. The first-order valence-corrected chi connectivity index (χ1v) is 21.4. The molecule has 8 rings (SSSR count). The Morgan fingerprint density at radius 1 is 1.09 bits per heavy atom. The molecule has 3 fully saturated rings. The van der Waals surface area contributed by atoms with E-state index in [-0.39, 0.29) is 22.9 Å². The minimum atomic E-state index is -3.99. The molecule has 1 aromatic heterocycles. The molecule has 1 amide bonds. The second-order valence-electron chi connectivity index (χ2n) is 16.5. The van der Waals surface area contributed by atoms with Crippen molar-refractivity contribution < 1.29 is 27.4 Å². The summed E-state index contributed by atoms with van der Waals surface area (Å²) in [5.41, 5.74) is 1.71. The highest BCUT2D eigenvalue weighted by Crippen LogP contribution is 2.49. The van der Waals surface area contributed by atoms with Crippen molar-refractivity contribution in [2.24, 2.45) is 17.8 Å². The number of hydrogen-bond acceptors (Lipinski definition) is 10. The molecule has 13 heteroatoms. The number of hydrogen-bond donors (Lipinski definition) is 1. The van der Waals surface area contributed by atoms with E-state index in [2.05, 4.69) is 43.7 Å². The lowest BCUT2D eigenvalue weighted by atomic mass is 9.63. The number of pyridine rings is 1. The third-order valence-electron chi connectivity index (χ3n) is 13.4. The quantitative estimate of drug-likeness (QED) is 0.441. The second kappa shape index (κ2) is 14.7. The van der Waals surface area contributed by atoms with E-state index in [1.54, 1.807) is 19.1 Å². The van der Waals surface area contributed by atoms with Crippen LogP contribution < -0.4 is 14.4 Å². The van der Waals surface area contributed by atoms with Crippen LogP contribution in [0.3, 0.4) is 0 Å². The number of sulfonamides is 1. The molecule has 53 heavy (non-hydrogen) atoms. The number of ether oxygens (including phenoxy) is 3. The predicted molar refractivity (Wildman–Crippen MR) is 205 cm³/mol. The van der Waals surface area contributed by atoms with Gasteiger partial charge in [0.25, 0.3) is 5.91 Å². The van der Waals surface area contributed by atoms with Gasteiger partial charge in [0.05, 0.1) is 31.1 Å². The molecule has 1 saturated carbocycles. The van der Waals surface area contributed by atoms with Crippen molar-refractivity contribution in [3.63, 3.8) is 0 Å². The van der Waals surface area contributed by atoms with E-state index in [1.807, 2.05) is 20.1 Å². The number of rotatable bonds is 4. The van der Waals surface area contributed by atoms with E-state index in [0.29, 0.717) is 49.6 Å². The number of methoxy groups -OCH3 is 1. The molecule has 0 radical (unpaired) electrons. The van der Waals surface area contributed by atoms with Gasteiger partial charge in [-0.15, -0.1) is 0 Å². The van der Waals surface area contributed by atoms with Gasteiger partial charge in [-0.1, -0.05) is 36.7 Å². The van der Waals surface area contributed by atoms with Crippen molar-refractivity contribution >= 4 is 33.3 Å². The van der Waals surface area contributed by atoms with Gasteiger partial charge in [0.15, 0.2) is 11.6 Å². The largest absolute Gasteiger partial charge is 0.489 e. The Hall–Kier alpha value is -2.74. The first-order valence-electron chi connectivity index (χ1n) is 19.5. The van der Waals surface area contributed by atoms with Crippen LogP contribution in [0.4, 0.5) is 5.82 Å². The lowest BCUT2D eigenvalue weighted by molar-refractivity contribution is -0.107. The minimum absolute atomic E-state index is 0.0588. The molecule has 1 spiro atoms. The summed E-state index contributed by atoms with van der Waals surface area (Å²) in [6.45, 7) is 11.8. The van der Waals surface area contributed by atoms with Gasteiger partial charge in [-0.3, -0.25) is 14.6 Å². The van der Waals surface area contributed by atoms with Crippen LogP contribution in [-0.4, -0.2) is 119 Å². The van der Waals surface area contributed by atoms with E-state index in [1.165, 1.54) is 11.1 Å². The van der Waals surface area contributed by atoms with Gasteiger partial charge in [-0.05, 0) is 98.6 Å². The molecular weight excluding hydrogens is 714 g/mol. The third-order valence-corrected chi connectivity index (χ3v) is 15.6. The Morgan fingerprint density at radius 3 is 2.62 bits per heavy atom. The summed E-state index contributed by atoms with van der Waals surface area (Å²) in [6, 6.07) is 10.1. The molecule has 6 atom stereocenters. The summed E-state index contributed by atoms with van der Waals surface area (Å²) in [6.07, 6.45) is 9.93. The van der Waals surface area contributed by atoms with Crippen molar-refractivity contribution in [3.05, 3.63) is 64.3 Å². The highest BCUT2D eigenvalue weighted by Gasteiger charge is 2.50. The van der Waals surface area contributed by atoms with Crippen LogP contribution in [0.1, 0.15) is 67.6 Å². The smallest absolute Gasteiger partial charge is 0.283 e. The molecule has 6 aliphatic rings. The van der Waals surface area contributed by atoms with Gasteiger partial charge in [-0.2, -0.15) is 0 Å². The molecule has 2 bridgehead atoms. The number of allylic oxidation sites excluding steroid dienone is 1. The number of amides is 1. The van der Waals surface area contributed by atoms with Crippen LogP contribution in [0.5, 0.6) is 5.75 Å². The molecule has 2 aromatic rings. The lowest BCUT2D eigenvalue weighted by Crippen LogP contribution is -2.61. The molecule has 1 aromatic carbocycles. The fraction of sp³-hybridized carbons (Fsp3) is 0.650. The molecular formula is C40H54ClN5O6S. The summed E-state index contributed by atoms with van der Waals surface area (Å²) in [5, 5.41) is -0.0688. The van der Waals surface area contributed by atoms with E-state index in [4.69, 9.17) is 30.8 Å². The molecule has 288 valence electrons. The standard InChI is InChI=1S/C40H54ClN5O6S/c1-27-6-4-15-40(50-3,25-44-16-18-45(19-17-44)32-22-51-23-32)34-10-8-30(34)21-46-24-39(14-5-7-29-20-31(41)9-11-33(29)39)26-52-36-13-12-35(42-37(36)46)38(47)43-53(48,49)28(27)2/h4,9,11-13,15,20,27-28,30,32,34H,5-8,10,14,16-19,21-26H2,1-3H3,(H,43,47)/b15-4+/t27-,28+,30-,34+,39-,40-/m0/s1. The molecule has 11 nitrogen and oxygen atoms in total. The van der Waals surface area contributed by atoms with Crippen LogP contribution in [0, 0.1) is 17.8 Å². The van der Waals surface area contributed by atoms with Crippen molar-refractivity contribution in [1.82, 2.24) is 19.5 Å². The van der Waals surface area contributed by atoms with Gasteiger partial charge in [0, 0.05) is 63.4 Å². The van der Waals surface area contributed by atoms with E-state index in [9.17, 15) is 13.2 Å². The number of halogens is 1. The molecule has 2 saturated heterocycles. The van der Waals surface area contributed by atoms with Crippen LogP contribution in [0.2, 0.25) is 5.02 Å². The molecule has 5 heterocycles. The Balaban J connectivity index is 1.17. The number of piperazine rings is 1.